The van der Waals surface area contributed by atoms with E-state index in [4.69, 9.17) is 23.7 Å². The van der Waals surface area contributed by atoms with Crippen LogP contribution in [0.5, 0.6) is 0 Å². The molecule has 6 aliphatic rings. The Bertz CT molecular complexity index is 1320. The molecule has 3 aliphatic heterocycles. The number of epoxide rings is 1. The molecule has 0 spiro atoms. The molecule has 0 radical (unpaired) electrons. The van der Waals surface area contributed by atoms with Gasteiger partial charge >= 0.3 is 11.9 Å². The van der Waals surface area contributed by atoms with E-state index in [1.807, 2.05) is 19.9 Å². The van der Waals surface area contributed by atoms with Crippen molar-refractivity contribution in [3.05, 3.63) is 48.1 Å². The molecule has 3 N–H and O–H groups in total. The first-order valence-electron chi connectivity index (χ1n) is 16.1. The predicted octanol–water partition coefficient (Wildman–Crippen LogP) is 3.19. The molecule has 5 fully saturated rings. The molecule has 12 unspecified atom stereocenters. The Hall–Kier alpha value is -2.18. The summed E-state index contributed by atoms with van der Waals surface area (Å²) in [4.78, 5) is 26.9. The Balaban J connectivity index is 1.55. The van der Waals surface area contributed by atoms with Gasteiger partial charge in [0.05, 0.1) is 12.2 Å². The van der Waals surface area contributed by atoms with Gasteiger partial charge in [-0.25, -0.2) is 0 Å². The van der Waals surface area contributed by atoms with Crippen molar-refractivity contribution in [2.45, 2.75) is 126 Å². The lowest BCUT2D eigenvalue weighted by atomic mass is 9.53. The molecule has 0 aromatic heterocycles. The number of esters is 1. The minimum Gasteiger partial charge on any atom is -0.458 e. The number of allylic oxidation sites excluding steroid dienone is 3. The molecule has 0 aromatic rings. The monoisotopic (exact) mass is 614 g/mol. The lowest BCUT2D eigenvalue weighted by Crippen LogP contribution is -2.76. The summed E-state index contributed by atoms with van der Waals surface area (Å²) in [5, 5.41) is 34.7. The van der Waals surface area contributed by atoms with Crippen LogP contribution >= 0.6 is 0 Å². The third-order valence-corrected chi connectivity index (χ3v) is 11.0. The van der Waals surface area contributed by atoms with E-state index in [2.05, 4.69) is 19.6 Å². The highest BCUT2D eigenvalue weighted by Crippen LogP contribution is 2.73. The summed E-state index contributed by atoms with van der Waals surface area (Å²) in [5.41, 5.74) is -6.11. The van der Waals surface area contributed by atoms with E-state index in [-0.39, 0.29) is 12.0 Å². The number of hydrogen-bond donors (Lipinski definition) is 3. The molecule has 10 nitrogen and oxygen atoms in total. The van der Waals surface area contributed by atoms with Crippen LogP contribution in [-0.2, 0) is 33.3 Å². The molecular weight excluding hydrogens is 568 g/mol. The second-order valence-corrected chi connectivity index (χ2v) is 13.6. The Morgan fingerprint density at radius 2 is 1.89 bits per heavy atom. The minimum absolute atomic E-state index is 0.176. The molecule has 6 rings (SSSR count). The van der Waals surface area contributed by atoms with Crippen molar-refractivity contribution >= 4 is 11.8 Å². The number of Topliss-reactive ketones (excluding diaryl/α,β-unsaturated/α-hetero) is 1. The number of unbranched alkanes of at least 4 members (excludes halogenated alkanes) is 3. The van der Waals surface area contributed by atoms with Gasteiger partial charge in [-0.1, -0.05) is 64.5 Å². The van der Waals surface area contributed by atoms with E-state index >= 15 is 0 Å². The van der Waals surface area contributed by atoms with Crippen LogP contribution in [0.1, 0.15) is 73.1 Å². The average Bonchev–Trinajstić information content (AvgIpc) is 3.61. The Morgan fingerprint density at radius 3 is 2.55 bits per heavy atom. The topological polar surface area (TPSA) is 144 Å². The fourth-order valence-corrected chi connectivity index (χ4v) is 8.89. The average molecular weight is 615 g/mol. The first-order valence-corrected chi connectivity index (χ1v) is 16.1. The van der Waals surface area contributed by atoms with Crippen LogP contribution in [0.2, 0.25) is 0 Å². The maximum absolute atomic E-state index is 13.7. The van der Waals surface area contributed by atoms with Crippen LogP contribution in [0.25, 0.3) is 0 Å². The summed E-state index contributed by atoms with van der Waals surface area (Å²) >= 11 is 0. The maximum Gasteiger partial charge on any atom is 0.307 e. The SMILES string of the molecule is C=C(C)C12OC3(C=CC=CCCCCC)OC1C1C4OC4(CO)C(O)C4(O)C(=O)C(C)=CC4C1(O3)C(C)C2OC(=O)CCC. The number of carbonyl (C=O) groups is 2. The third kappa shape index (κ3) is 3.91. The molecular formula is C34H46O10. The van der Waals surface area contributed by atoms with E-state index in [9.17, 15) is 24.9 Å². The first-order chi connectivity index (χ1) is 20.9. The lowest BCUT2D eigenvalue weighted by Gasteiger charge is -2.61. The summed E-state index contributed by atoms with van der Waals surface area (Å²) in [6.07, 6.45) is 9.52. The van der Waals surface area contributed by atoms with Gasteiger partial charge < -0.3 is 39.0 Å². The summed E-state index contributed by atoms with van der Waals surface area (Å²) in [6.45, 7) is 12.9. The van der Waals surface area contributed by atoms with Crippen molar-refractivity contribution in [2.75, 3.05) is 6.61 Å². The zero-order valence-corrected chi connectivity index (χ0v) is 26.3. The molecule has 0 amide bonds. The number of ketones is 1. The van der Waals surface area contributed by atoms with Gasteiger partial charge in [0, 0.05) is 30.3 Å². The van der Waals surface area contributed by atoms with Crippen molar-refractivity contribution in [3.8, 4) is 0 Å². The highest BCUT2D eigenvalue weighted by atomic mass is 16.9. The molecule has 10 heteroatoms. The molecule has 2 saturated carbocycles. The van der Waals surface area contributed by atoms with Crippen LogP contribution in [0, 0.1) is 17.8 Å². The van der Waals surface area contributed by atoms with Crippen LogP contribution in [-0.4, -0.2) is 86.5 Å². The zero-order chi connectivity index (χ0) is 31.9. The number of aliphatic hydroxyl groups excluding tert-OH is 2. The van der Waals surface area contributed by atoms with Gasteiger partial charge in [0.1, 0.15) is 30.0 Å². The highest BCUT2D eigenvalue weighted by Gasteiger charge is 2.90. The Kier molecular flexibility index (Phi) is 7.72. The number of fused-ring (bicyclic) bond motifs is 3. The molecule has 3 aliphatic carbocycles. The molecule has 12 atom stereocenters. The third-order valence-electron chi connectivity index (χ3n) is 11.0. The largest absolute Gasteiger partial charge is 0.458 e. The first kappa shape index (κ1) is 31.8. The lowest BCUT2D eigenvalue weighted by molar-refractivity contribution is -0.407. The molecule has 3 bridgehead atoms. The van der Waals surface area contributed by atoms with E-state index < -0.39 is 88.9 Å². The number of hydrogen-bond acceptors (Lipinski definition) is 10. The fourth-order valence-electron chi connectivity index (χ4n) is 8.89. The second-order valence-electron chi connectivity index (χ2n) is 13.6. The van der Waals surface area contributed by atoms with Gasteiger partial charge in [0.2, 0.25) is 0 Å². The number of rotatable bonds is 11. The molecule has 242 valence electrons. The van der Waals surface area contributed by atoms with Crippen LogP contribution < -0.4 is 0 Å². The standard InChI is InChI=1S/C34H46O10/c1-7-9-10-11-12-13-14-16-31-42-28-24-27-30(18-35,41-27)29(38)32(39)22(17-20(5)25(32)37)34(24,44-31)21(6)26(40-23(36)15-8-2)33(28,43-31)19(3)4/h12-14,16-17,21-22,24,26-29,35,38-39H,3,7-11,15,18H2,1-2,4-6H3. The fraction of sp³-hybridized carbons (Fsp3) is 0.706. The van der Waals surface area contributed by atoms with Crippen molar-refractivity contribution in [2.24, 2.45) is 17.8 Å². The van der Waals surface area contributed by atoms with Crippen molar-refractivity contribution in [1.29, 1.82) is 0 Å². The van der Waals surface area contributed by atoms with Gasteiger partial charge in [-0.05, 0) is 44.3 Å². The minimum atomic E-state index is -2.38. The van der Waals surface area contributed by atoms with Gasteiger partial charge in [-0.15, -0.1) is 0 Å². The predicted molar refractivity (Wildman–Crippen MR) is 158 cm³/mol. The summed E-state index contributed by atoms with van der Waals surface area (Å²) in [7, 11) is 0. The van der Waals surface area contributed by atoms with E-state index in [1.165, 1.54) is 0 Å². The second kappa shape index (κ2) is 10.7. The normalized spacial score (nSPS) is 48.2. The molecule has 3 heterocycles. The molecule has 44 heavy (non-hydrogen) atoms. The highest BCUT2D eigenvalue weighted by molar-refractivity contribution is 6.05. The smallest absolute Gasteiger partial charge is 0.307 e. The zero-order valence-electron chi connectivity index (χ0n) is 26.3. The van der Waals surface area contributed by atoms with Crippen LogP contribution in [0.4, 0.5) is 0 Å². The van der Waals surface area contributed by atoms with Gasteiger partial charge in [0.25, 0.3) is 0 Å². The van der Waals surface area contributed by atoms with E-state index in [0.717, 1.165) is 25.7 Å². The maximum atomic E-state index is 13.7. The molecule has 0 aromatic carbocycles. The van der Waals surface area contributed by atoms with Gasteiger partial charge in [-0.3, -0.25) is 9.59 Å². The van der Waals surface area contributed by atoms with E-state index in [1.54, 1.807) is 32.1 Å². The summed E-state index contributed by atoms with van der Waals surface area (Å²) in [6, 6.07) is 0. The van der Waals surface area contributed by atoms with Crippen molar-refractivity contribution in [3.63, 3.8) is 0 Å². The number of carbonyl (C=O) groups excluding carboxylic acids is 2. The van der Waals surface area contributed by atoms with Crippen molar-refractivity contribution < 1.29 is 48.6 Å². The summed E-state index contributed by atoms with van der Waals surface area (Å²) < 4.78 is 32.9. The van der Waals surface area contributed by atoms with E-state index in [0.29, 0.717) is 12.0 Å². The Labute approximate surface area is 258 Å². The van der Waals surface area contributed by atoms with Gasteiger partial charge in [-0.2, -0.15) is 0 Å². The Morgan fingerprint density at radius 1 is 1.14 bits per heavy atom. The molecule has 3 saturated heterocycles. The quantitative estimate of drug-likeness (QED) is 0.104. The van der Waals surface area contributed by atoms with Gasteiger partial charge in [0.15, 0.2) is 17.0 Å². The van der Waals surface area contributed by atoms with Crippen molar-refractivity contribution in [1.82, 2.24) is 0 Å². The van der Waals surface area contributed by atoms with Crippen LogP contribution in [0.15, 0.2) is 48.1 Å². The summed E-state index contributed by atoms with van der Waals surface area (Å²) in [5.74, 6) is -5.45. The number of ether oxygens (including phenoxy) is 5. The van der Waals surface area contributed by atoms with Crippen LogP contribution in [0.3, 0.4) is 0 Å². The number of aliphatic hydroxyl groups is 3.